The molecule has 1 unspecified atom stereocenters. The molecule has 2 aromatic carbocycles. The molecule has 0 spiro atoms. The van der Waals surface area contributed by atoms with E-state index in [2.05, 4.69) is 4.99 Å². The Balaban J connectivity index is 1.80. The van der Waals surface area contributed by atoms with Crippen LogP contribution in [0.3, 0.4) is 0 Å². The van der Waals surface area contributed by atoms with Crippen molar-refractivity contribution < 1.29 is 28.7 Å². The molecular weight excluding hydrogens is 452 g/mol. The lowest BCUT2D eigenvalue weighted by molar-refractivity contribution is -0.384. The van der Waals surface area contributed by atoms with Crippen LogP contribution in [0.25, 0.3) is 0 Å². The van der Waals surface area contributed by atoms with E-state index in [0.29, 0.717) is 40.5 Å². The first-order valence-corrected chi connectivity index (χ1v) is 11.1. The van der Waals surface area contributed by atoms with Gasteiger partial charge in [0.2, 0.25) is 0 Å². The van der Waals surface area contributed by atoms with Crippen molar-refractivity contribution in [1.82, 2.24) is 0 Å². The lowest BCUT2D eigenvalue weighted by Crippen LogP contribution is -2.37. The number of Topliss-reactive ketones (excluding diaryl/α,β-unsaturated/α-hetero) is 1. The average molecular weight is 479 g/mol. The molecular formula is C26H26N2O7. The Labute approximate surface area is 202 Å². The summed E-state index contributed by atoms with van der Waals surface area (Å²) in [5, 5.41) is 11.4. The maximum atomic E-state index is 13.6. The largest absolute Gasteiger partial charge is 0.493 e. The maximum Gasteiger partial charge on any atom is 0.315 e. The molecule has 3 atom stereocenters. The molecule has 0 N–H and O–H groups in total. The van der Waals surface area contributed by atoms with Crippen LogP contribution < -0.4 is 9.47 Å². The highest BCUT2D eigenvalue weighted by atomic mass is 16.6. The van der Waals surface area contributed by atoms with Gasteiger partial charge in [-0.1, -0.05) is 18.2 Å². The molecule has 0 bridgehead atoms. The van der Waals surface area contributed by atoms with Crippen LogP contribution in [0, 0.1) is 16.0 Å². The van der Waals surface area contributed by atoms with Gasteiger partial charge in [-0.25, -0.2) is 0 Å². The molecule has 2 aromatic rings. The molecule has 0 saturated carbocycles. The van der Waals surface area contributed by atoms with Gasteiger partial charge in [-0.2, -0.15) is 0 Å². The summed E-state index contributed by atoms with van der Waals surface area (Å²) in [6.07, 6.45) is 0.690. The van der Waals surface area contributed by atoms with Gasteiger partial charge in [0.1, 0.15) is 5.92 Å². The molecule has 35 heavy (non-hydrogen) atoms. The molecule has 1 heterocycles. The van der Waals surface area contributed by atoms with Crippen LogP contribution in [0.4, 0.5) is 5.69 Å². The number of rotatable bonds is 6. The predicted molar refractivity (Wildman–Crippen MR) is 128 cm³/mol. The molecule has 182 valence electrons. The van der Waals surface area contributed by atoms with Gasteiger partial charge in [0.25, 0.3) is 5.69 Å². The van der Waals surface area contributed by atoms with Crippen LogP contribution >= 0.6 is 0 Å². The molecule has 4 rings (SSSR count). The fraction of sp³-hybridized carbons (Fsp3) is 0.346. The van der Waals surface area contributed by atoms with E-state index in [1.165, 1.54) is 19.2 Å². The van der Waals surface area contributed by atoms with Crippen LogP contribution in [-0.4, -0.2) is 43.7 Å². The number of benzene rings is 2. The number of non-ortho nitro benzene ring substituents is 1. The van der Waals surface area contributed by atoms with E-state index in [0.717, 1.165) is 5.56 Å². The minimum Gasteiger partial charge on any atom is -0.493 e. The fourth-order valence-electron chi connectivity index (χ4n) is 5.03. The number of nitrogens with zero attached hydrogens (tertiary/aromatic N) is 2. The zero-order valence-electron chi connectivity index (χ0n) is 19.9. The second-order valence-electron chi connectivity index (χ2n) is 8.59. The number of ketones is 1. The van der Waals surface area contributed by atoms with Gasteiger partial charge in [-0.05, 0) is 42.5 Å². The minimum atomic E-state index is -0.845. The van der Waals surface area contributed by atoms with Gasteiger partial charge in [-0.15, -0.1) is 0 Å². The third-order valence-electron chi connectivity index (χ3n) is 6.66. The Morgan fingerprint density at radius 2 is 1.77 bits per heavy atom. The van der Waals surface area contributed by atoms with Gasteiger partial charge >= 0.3 is 5.97 Å². The molecule has 0 aromatic heterocycles. The number of nitro benzene ring substituents is 1. The molecule has 1 aliphatic heterocycles. The number of allylic oxidation sites excluding steroid dienone is 2. The fourth-order valence-corrected chi connectivity index (χ4v) is 5.03. The lowest BCUT2D eigenvalue weighted by Gasteiger charge is -2.36. The molecule has 0 saturated heterocycles. The van der Waals surface area contributed by atoms with Crippen molar-refractivity contribution in [2.24, 2.45) is 10.9 Å². The summed E-state index contributed by atoms with van der Waals surface area (Å²) in [5.41, 5.74) is 2.83. The number of aliphatic imine (C=N–C) groups is 1. The van der Waals surface area contributed by atoms with E-state index >= 15 is 0 Å². The van der Waals surface area contributed by atoms with E-state index in [9.17, 15) is 19.7 Å². The number of hydrogen-bond acceptors (Lipinski definition) is 8. The van der Waals surface area contributed by atoms with E-state index in [-0.39, 0.29) is 23.8 Å². The number of nitro groups is 1. The van der Waals surface area contributed by atoms with Crippen molar-refractivity contribution in [3.05, 3.63) is 75.0 Å². The highest BCUT2D eigenvalue weighted by Crippen LogP contribution is 2.47. The Morgan fingerprint density at radius 3 is 2.43 bits per heavy atom. The smallest absolute Gasteiger partial charge is 0.315 e. The van der Waals surface area contributed by atoms with E-state index in [4.69, 9.17) is 14.2 Å². The molecule has 1 aliphatic carbocycles. The van der Waals surface area contributed by atoms with Crippen molar-refractivity contribution in [1.29, 1.82) is 0 Å². The van der Waals surface area contributed by atoms with Gasteiger partial charge in [0.05, 0.1) is 26.3 Å². The van der Waals surface area contributed by atoms with E-state index < -0.39 is 22.7 Å². The Hall–Kier alpha value is -4.01. The lowest BCUT2D eigenvalue weighted by atomic mass is 9.69. The number of methoxy groups -OCH3 is 3. The third kappa shape index (κ3) is 4.41. The quantitative estimate of drug-likeness (QED) is 0.344. The molecule has 2 aliphatic rings. The summed E-state index contributed by atoms with van der Waals surface area (Å²) in [6, 6.07) is 11.6. The van der Waals surface area contributed by atoms with Crippen LogP contribution in [0.5, 0.6) is 11.5 Å². The van der Waals surface area contributed by atoms with Gasteiger partial charge in [0.15, 0.2) is 17.3 Å². The topological polar surface area (TPSA) is 117 Å². The molecule has 9 heteroatoms. The van der Waals surface area contributed by atoms with Crippen LogP contribution in [0.15, 0.2) is 58.7 Å². The zero-order valence-corrected chi connectivity index (χ0v) is 19.9. The Bertz CT molecular complexity index is 1260. The number of carbonyl (C=O) groups is 2. The van der Waals surface area contributed by atoms with Crippen molar-refractivity contribution in [3.8, 4) is 11.5 Å². The summed E-state index contributed by atoms with van der Waals surface area (Å²) < 4.78 is 15.8. The second kappa shape index (κ2) is 9.69. The molecule has 0 amide bonds. The second-order valence-corrected chi connectivity index (χ2v) is 8.59. The number of carbonyl (C=O) groups excluding carboxylic acids is 2. The van der Waals surface area contributed by atoms with Crippen molar-refractivity contribution in [2.75, 3.05) is 21.3 Å². The van der Waals surface area contributed by atoms with Crippen LogP contribution in [0.2, 0.25) is 0 Å². The van der Waals surface area contributed by atoms with Crippen molar-refractivity contribution >= 4 is 23.2 Å². The highest BCUT2D eigenvalue weighted by Gasteiger charge is 2.45. The first-order valence-electron chi connectivity index (χ1n) is 11.1. The monoisotopic (exact) mass is 478 g/mol. The van der Waals surface area contributed by atoms with Crippen molar-refractivity contribution in [2.45, 2.75) is 31.6 Å². The van der Waals surface area contributed by atoms with Gasteiger partial charge in [0, 0.05) is 41.5 Å². The summed E-state index contributed by atoms with van der Waals surface area (Å²) in [4.78, 5) is 42.0. The Kier molecular flexibility index (Phi) is 6.68. The third-order valence-corrected chi connectivity index (χ3v) is 6.66. The highest BCUT2D eigenvalue weighted by molar-refractivity contribution is 6.09. The average Bonchev–Trinajstić information content (AvgIpc) is 2.86. The van der Waals surface area contributed by atoms with E-state index in [1.54, 1.807) is 39.3 Å². The molecule has 0 fully saturated rings. The minimum absolute atomic E-state index is 0.111. The summed E-state index contributed by atoms with van der Waals surface area (Å²) in [7, 11) is 4.39. The van der Waals surface area contributed by atoms with E-state index in [1.807, 2.05) is 12.1 Å². The standard InChI is InChI=1S/C26H26N2O7/c1-14-23(26(30)35-4)24(16-6-5-7-18(10-16)28(31)32)25-19(27-14)11-17(12-20(25)29)15-8-9-21(33-2)22(13-15)34-3/h5-10,13,17,23-24H,11-12H2,1-4H3/t17-,23?,24-/m1/s1. The van der Waals surface area contributed by atoms with Crippen LogP contribution in [0.1, 0.15) is 42.7 Å². The molecule has 0 radical (unpaired) electrons. The first kappa shape index (κ1) is 24.1. The summed E-state index contributed by atoms with van der Waals surface area (Å²) in [6.45, 7) is 1.72. The maximum absolute atomic E-state index is 13.6. The summed E-state index contributed by atoms with van der Waals surface area (Å²) in [5.74, 6) is -1.22. The van der Waals surface area contributed by atoms with Gasteiger partial charge < -0.3 is 14.2 Å². The Morgan fingerprint density at radius 1 is 1.03 bits per heavy atom. The number of hydrogen-bond donors (Lipinski definition) is 0. The normalized spacial score (nSPS) is 21.7. The number of esters is 1. The molecule has 9 nitrogen and oxygen atoms in total. The SMILES string of the molecule is COC(=O)C1C(C)=NC2=C(C(=O)C[C@H](c3ccc(OC)c(OC)c3)C2)[C@@H]1c1cccc([N+](=O)[O-])c1. The van der Waals surface area contributed by atoms with Crippen molar-refractivity contribution in [3.63, 3.8) is 0 Å². The zero-order chi connectivity index (χ0) is 25.3. The predicted octanol–water partition coefficient (Wildman–Crippen LogP) is 4.36. The summed E-state index contributed by atoms with van der Waals surface area (Å²) >= 11 is 0. The van der Waals surface area contributed by atoms with Gasteiger partial charge in [-0.3, -0.25) is 24.7 Å². The van der Waals surface area contributed by atoms with Crippen LogP contribution in [-0.2, 0) is 14.3 Å². The first-order chi connectivity index (χ1) is 16.8. The number of ether oxygens (including phenoxy) is 3.